The van der Waals surface area contributed by atoms with Gasteiger partial charge in [-0.25, -0.2) is 4.67 Å². The first-order valence-corrected chi connectivity index (χ1v) is 8.43. The van der Waals surface area contributed by atoms with Gasteiger partial charge in [0.05, 0.1) is 5.69 Å². The van der Waals surface area contributed by atoms with Crippen molar-refractivity contribution in [2.75, 3.05) is 4.67 Å². The Morgan fingerprint density at radius 3 is 2.29 bits per heavy atom. The molecule has 0 saturated heterocycles. The van der Waals surface area contributed by atoms with Crippen molar-refractivity contribution in [1.82, 2.24) is 0 Å². The second kappa shape index (κ2) is 6.83. The summed E-state index contributed by atoms with van der Waals surface area (Å²) >= 11 is 5.69. The van der Waals surface area contributed by atoms with Crippen LogP contribution in [0.15, 0.2) is 24.3 Å². The number of carbonyl (C=O) groups excluding carboxylic acids is 1. The first kappa shape index (κ1) is 18.0. The summed E-state index contributed by atoms with van der Waals surface area (Å²) < 4.78 is 39.9. The van der Waals surface area contributed by atoms with E-state index < -0.39 is 25.8 Å². The molecular formula is C12H17ClF2N3O2P. The van der Waals surface area contributed by atoms with E-state index in [0.717, 1.165) is 0 Å². The molecule has 0 aliphatic heterocycles. The third kappa shape index (κ3) is 4.74. The maximum Gasteiger partial charge on any atom is 0.325 e. The average Bonchev–Trinajstić information content (AvgIpc) is 2.37. The van der Waals surface area contributed by atoms with Gasteiger partial charge in [-0.1, -0.05) is 24.9 Å². The first-order chi connectivity index (χ1) is 9.59. The molecule has 0 heterocycles. The zero-order valence-electron chi connectivity index (χ0n) is 11.4. The lowest BCUT2D eigenvalue weighted by atomic mass is 10.1. The predicted molar refractivity (Wildman–Crippen MR) is 79.4 cm³/mol. The van der Waals surface area contributed by atoms with Crippen molar-refractivity contribution < 1.29 is 18.1 Å². The molecule has 0 fully saturated rings. The van der Waals surface area contributed by atoms with Crippen LogP contribution in [0.5, 0.6) is 0 Å². The van der Waals surface area contributed by atoms with E-state index in [2.05, 4.69) is 0 Å². The number of nitrogens with two attached hydrogens (primary N) is 2. The predicted octanol–water partition coefficient (Wildman–Crippen LogP) is 3.52. The molecule has 0 saturated carbocycles. The van der Waals surface area contributed by atoms with Gasteiger partial charge >= 0.3 is 19.4 Å². The zero-order chi connectivity index (χ0) is 16.3. The van der Waals surface area contributed by atoms with Crippen molar-refractivity contribution in [3.63, 3.8) is 0 Å². The van der Waals surface area contributed by atoms with Crippen LogP contribution < -0.4 is 15.7 Å². The number of hydrogen-bond acceptors (Lipinski definition) is 2. The molecule has 5 nitrogen and oxygen atoms in total. The van der Waals surface area contributed by atoms with Gasteiger partial charge in [0.1, 0.15) is 0 Å². The second-order valence-electron chi connectivity index (χ2n) is 4.57. The van der Waals surface area contributed by atoms with E-state index in [1.807, 2.05) is 0 Å². The number of hydrogen-bond donors (Lipinski definition) is 2. The minimum atomic E-state index is -4.24. The van der Waals surface area contributed by atoms with E-state index in [-0.39, 0.29) is 16.8 Å². The van der Waals surface area contributed by atoms with E-state index in [1.165, 1.54) is 24.3 Å². The van der Waals surface area contributed by atoms with Crippen LogP contribution in [-0.4, -0.2) is 11.8 Å². The fourth-order valence-corrected chi connectivity index (χ4v) is 2.73. The second-order valence-corrected chi connectivity index (χ2v) is 6.76. The number of nitrogens with zero attached hydrogens (tertiary/aromatic N) is 1. The Bertz CT molecular complexity index is 548. The van der Waals surface area contributed by atoms with E-state index in [1.54, 1.807) is 6.92 Å². The standard InChI is InChI=1S/C12H17ClF2N3O2P/c1-2-3-8-12(14,15)11(19)18(21(16,17)20)10-6-4-9(13)5-7-10/h4-7H,2-3,8H2,1H3,(H4,16,17,20). The maximum absolute atomic E-state index is 13.9. The Morgan fingerprint density at radius 2 is 1.86 bits per heavy atom. The Balaban J connectivity index is 3.18. The van der Waals surface area contributed by atoms with Crippen LogP contribution in [-0.2, 0) is 9.36 Å². The van der Waals surface area contributed by atoms with Gasteiger partial charge in [-0.3, -0.25) is 20.4 Å². The monoisotopic (exact) mass is 339 g/mol. The number of benzene rings is 1. The van der Waals surface area contributed by atoms with Crippen LogP contribution in [0.4, 0.5) is 14.5 Å². The minimum Gasteiger partial charge on any atom is -0.267 e. The van der Waals surface area contributed by atoms with Gasteiger partial charge in [-0.2, -0.15) is 8.78 Å². The highest BCUT2D eigenvalue weighted by Crippen LogP contribution is 2.41. The maximum atomic E-state index is 13.9. The molecule has 21 heavy (non-hydrogen) atoms. The van der Waals surface area contributed by atoms with E-state index >= 15 is 0 Å². The number of rotatable bonds is 6. The lowest BCUT2D eigenvalue weighted by molar-refractivity contribution is -0.142. The molecule has 1 rings (SSSR count). The van der Waals surface area contributed by atoms with Gasteiger partial charge < -0.3 is 0 Å². The Hall–Kier alpha value is -1.01. The Labute approximate surface area is 126 Å². The smallest absolute Gasteiger partial charge is 0.267 e. The number of amides is 1. The van der Waals surface area contributed by atoms with Crippen molar-refractivity contribution in [1.29, 1.82) is 0 Å². The van der Waals surface area contributed by atoms with Gasteiger partial charge in [0.15, 0.2) is 0 Å². The van der Waals surface area contributed by atoms with Crippen LogP contribution in [0.1, 0.15) is 26.2 Å². The summed E-state index contributed by atoms with van der Waals surface area (Å²) in [5.74, 6) is -5.36. The summed E-state index contributed by atoms with van der Waals surface area (Å²) in [4.78, 5) is 12.0. The van der Waals surface area contributed by atoms with Crippen molar-refractivity contribution >= 4 is 30.8 Å². The van der Waals surface area contributed by atoms with Crippen LogP contribution in [0.25, 0.3) is 0 Å². The first-order valence-electron chi connectivity index (χ1n) is 6.25. The summed E-state index contributed by atoms with van der Waals surface area (Å²) in [6, 6.07) is 5.22. The van der Waals surface area contributed by atoms with Crippen molar-refractivity contribution in [3.8, 4) is 0 Å². The molecule has 0 aromatic heterocycles. The topological polar surface area (TPSA) is 89.4 Å². The minimum absolute atomic E-state index is 0.0890. The van der Waals surface area contributed by atoms with E-state index in [9.17, 15) is 18.1 Å². The largest absolute Gasteiger partial charge is 0.325 e. The number of carbonyl (C=O) groups is 1. The number of unbranched alkanes of at least 4 members (excludes halogenated alkanes) is 1. The molecule has 1 aromatic carbocycles. The van der Waals surface area contributed by atoms with Crippen molar-refractivity contribution in [3.05, 3.63) is 29.3 Å². The van der Waals surface area contributed by atoms with Crippen LogP contribution >= 0.6 is 19.2 Å². The summed E-state index contributed by atoms with van der Waals surface area (Å²) in [5.41, 5.74) is 10.4. The summed E-state index contributed by atoms with van der Waals surface area (Å²) in [5, 5.41) is 0.327. The molecule has 0 atom stereocenters. The highest BCUT2D eigenvalue weighted by atomic mass is 35.5. The summed E-state index contributed by atoms with van der Waals surface area (Å²) in [6.07, 6.45) is -0.0220. The number of alkyl halides is 2. The third-order valence-corrected chi connectivity index (χ3v) is 4.02. The van der Waals surface area contributed by atoms with Crippen LogP contribution in [0, 0.1) is 0 Å². The molecule has 9 heteroatoms. The fraction of sp³-hybridized carbons (Fsp3) is 0.417. The summed E-state index contributed by atoms with van der Waals surface area (Å²) in [7, 11) is -4.24. The zero-order valence-corrected chi connectivity index (χ0v) is 13.1. The van der Waals surface area contributed by atoms with E-state index in [4.69, 9.17) is 22.6 Å². The van der Waals surface area contributed by atoms with Crippen molar-refractivity contribution in [2.45, 2.75) is 32.1 Å². The molecular weight excluding hydrogens is 323 g/mol. The van der Waals surface area contributed by atoms with Gasteiger partial charge in [0, 0.05) is 11.4 Å². The molecule has 0 bridgehead atoms. The fourth-order valence-electron chi connectivity index (χ4n) is 1.68. The van der Waals surface area contributed by atoms with Crippen LogP contribution in [0.2, 0.25) is 5.02 Å². The highest BCUT2D eigenvalue weighted by molar-refractivity contribution is 7.61. The molecule has 4 N–H and O–H groups in total. The number of halogens is 3. The highest BCUT2D eigenvalue weighted by Gasteiger charge is 2.46. The summed E-state index contributed by atoms with van der Waals surface area (Å²) in [6.45, 7) is 1.72. The van der Waals surface area contributed by atoms with Crippen LogP contribution in [0.3, 0.4) is 0 Å². The quantitative estimate of drug-likeness (QED) is 0.776. The molecule has 0 radical (unpaired) electrons. The van der Waals surface area contributed by atoms with E-state index in [0.29, 0.717) is 11.4 Å². The normalized spacial score (nSPS) is 12.3. The molecule has 0 spiro atoms. The lowest BCUT2D eigenvalue weighted by Crippen LogP contribution is -2.45. The SMILES string of the molecule is CCCCC(F)(F)C(=O)N(c1ccc(Cl)cc1)P(N)(N)=O. The van der Waals surface area contributed by atoms with Gasteiger partial charge in [-0.05, 0) is 30.7 Å². The van der Waals surface area contributed by atoms with Gasteiger partial charge in [-0.15, -0.1) is 0 Å². The van der Waals surface area contributed by atoms with Gasteiger partial charge in [0.2, 0.25) is 0 Å². The third-order valence-electron chi connectivity index (χ3n) is 2.73. The lowest BCUT2D eigenvalue weighted by Gasteiger charge is -2.29. The van der Waals surface area contributed by atoms with Gasteiger partial charge in [0.25, 0.3) is 0 Å². The molecule has 0 unspecified atom stereocenters. The van der Waals surface area contributed by atoms with Crippen molar-refractivity contribution in [2.24, 2.45) is 11.0 Å². The Kier molecular flexibility index (Phi) is 5.87. The number of anilines is 1. The molecule has 0 aliphatic rings. The Morgan fingerprint density at radius 1 is 1.33 bits per heavy atom. The average molecular weight is 340 g/mol. The molecule has 0 aliphatic carbocycles. The molecule has 1 amide bonds. The molecule has 118 valence electrons. The molecule has 1 aromatic rings.